The van der Waals surface area contributed by atoms with E-state index in [1.165, 1.54) is 5.56 Å². The van der Waals surface area contributed by atoms with E-state index in [-0.39, 0.29) is 5.78 Å². The Bertz CT molecular complexity index is 775. The topological polar surface area (TPSA) is 59.3 Å². The van der Waals surface area contributed by atoms with E-state index in [4.69, 9.17) is 0 Å². The fraction of sp³-hybridized carbons (Fsp3) is 0.429. The van der Waals surface area contributed by atoms with E-state index in [2.05, 4.69) is 13.0 Å². The second-order valence-corrected chi connectivity index (χ2v) is 6.81. The summed E-state index contributed by atoms with van der Waals surface area (Å²) in [7, 11) is 0. The van der Waals surface area contributed by atoms with E-state index in [0.717, 1.165) is 37.8 Å². The minimum atomic E-state index is -0.804. The molecule has 0 saturated carbocycles. The summed E-state index contributed by atoms with van der Waals surface area (Å²) in [6.45, 7) is 2.87. The van der Waals surface area contributed by atoms with Gasteiger partial charge in [-0.2, -0.15) is 0 Å². The molecular weight excluding hydrogens is 314 g/mol. The summed E-state index contributed by atoms with van der Waals surface area (Å²) in [6.07, 6.45) is 5.63. The molecule has 0 amide bonds. The van der Waals surface area contributed by atoms with Gasteiger partial charge in [0.05, 0.1) is 11.6 Å². The third kappa shape index (κ3) is 3.68. The van der Waals surface area contributed by atoms with Gasteiger partial charge in [-0.05, 0) is 49.4 Å². The Balaban J connectivity index is 1.92. The summed E-state index contributed by atoms with van der Waals surface area (Å²) in [5.74, 6) is -1.34. The van der Waals surface area contributed by atoms with Gasteiger partial charge in [0.25, 0.3) is 0 Å². The molecule has 1 aromatic carbocycles. The van der Waals surface area contributed by atoms with E-state index < -0.39 is 11.9 Å². The number of carboxylic acid groups (broad SMARTS) is 1. The van der Waals surface area contributed by atoms with Gasteiger partial charge in [0.2, 0.25) is 5.78 Å². The number of aliphatic carboxylic acids is 1. The molecule has 1 aliphatic heterocycles. The first kappa shape index (κ1) is 17.5. The number of aryl methyl sites for hydroxylation is 1. The number of ketones is 1. The molecule has 4 nitrogen and oxygen atoms in total. The molecular formula is C21H25NO3. The molecule has 1 aliphatic rings. The molecule has 1 aromatic heterocycles. The zero-order valence-electron chi connectivity index (χ0n) is 14.7. The molecule has 0 spiro atoms. The first-order chi connectivity index (χ1) is 12.1. The summed E-state index contributed by atoms with van der Waals surface area (Å²) < 4.78 is 1.92. The first-order valence-corrected chi connectivity index (χ1v) is 9.17. The second kappa shape index (κ2) is 7.68. The highest BCUT2D eigenvalue weighted by Gasteiger charge is 2.28. The lowest BCUT2D eigenvalue weighted by atomic mass is 10.0. The van der Waals surface area contributed by atoms with Crippen molar-refractivity contribution in [3.05, 3.63) is 58.9 Å². The molecule has 0 aliphatic carbocycles. The lowest BCUT2D eigenvalue weighted by Gasteiger charge is -2.13. The van der Waals surface area contributed by atoms with Crippen LogP contribution in [0.1, 0.15) is 72.3 Å². The van der Waals surface area contributed by atoms with Crippen molar-refractivity contribution in [1.29, 1.82) is 0 Å². The zero-order valence-corrected chi connectivity index (χ0v) is 14.7. The Kier molecular flexibility index (Phi) is 5.37. The minimum absolute atomic E-state index is 0.0179. The zero-order chi connectivity index (χ0) is 17.8. The fourth-order valence-corrected chi connectivity index (χ4v) is 3.65. The van der Waals surface area contributed by atoms with Crippen LogP contribution in [0.25, 0.3) is 0 Å². The van der Waals surface area contributed by atoms with Crippen molar-refractivity contribution in [3.8, 4) is 0 Å². The molecule has 132 valence electrons. The van der Waals surface area contributed by atoms with E-state index in [9.17, 15) is 14.7 Å². The SMILES string of the molecule is CCCCc1cccc(C(=O)c2ccc3n2CCCCC3C(=O)O)c1. The van der Waals surface area contributed by atoms with Crippen LogP contribution in [-0.2, 0) is 17.8 Å². The summed E-state index contributed by atoms with van der Waals surface area (Å²) in [6, 6.07) is 11.4. The molecule has 1 unspecified atom stereocenters. The molecule has 0 radical (unpaired) electrons. The van der Waals surface area contributed by atoms with Crippen LogP contribution < -0.4 is 0 Å². The van der Waals surface area contributed by atoms with Crippen molar-refractivity contribution in [2.45, 2.75) is 57.9 Å². The van der Waals surface area contributed by atoms with Crippen molar-refractivity contribution in [2.24, 2.45) is 0 Å². The van der Waals surface area contributed by atoms with Gasteiger partial charge in [-0.1, -0.05) is 38.0 Å². The summed E-state index contributed by atoms with van der Waals surface area (Å²) in [5.41, 5.74) is 3.23. The van der Waals surface area contributed by atoms with E-state index in [1.807, 2.05) is 28.8 Å². The van der Waals surface area contributed by atoms with Crippen molar-refractivity contribution in [3.63, 3.8) is 0 Å². The van der Waals surface area contributed by atoms with Gasteiger partial charge in [-0.15, -0.1) is 0 Å². The predicted octanol–water partition coefficient (Wildman–Crippen LogP) is 4.41. The third-order valence-electron chi connectivity index (χ3n) is 5.03. The van der Waals surface area contributed by atoms with Crippen LogP contribution in [0.15, 0.2) is 36.4 Å². The fourth-order valence-electron chi connectivity index (χ4n) is 3.65. The van der Waals surface area contributed by atoms with Gasteiger partial charge in [0, 0.05) is 17.8 Å². The normalized spacial score (nSPS) is 16.9. The highest BCUT2D eigenvalue weighted by atomic mass is 16.4. The number of hydrogen-bond donors (Lipinski definition) is 1. The molecule has 1 N–H and O–H groups in total. The number of hydrogen-bond acceptors (Lipinski definition) is 2. The van der Waals surface area contributed by atoms with Crippen LogP contribution in [0.2, 0.25) is 0 Å². The Morgan fingerprint density at radius 2 is 2.04 bits per heavy atom. The molecule has 0 bridgehead atoms. The second-order valence-electron chi connectivity index (χ2n) is 6.81. The number of carbonyl (C=O) groups is 2. The Hall–Kier alpha value is -2.36. The van der Waals surface area contributed by atoms with Crippen LogP contribution in [0.5, 0.6) is 0 Å². The highest BCUT2D eigenvalue weighted by Crippen LogP contribution is 2.30. The Labute approximate surface area is 148 Å². The average Bonchev–Trinajstić information content (AvgIpc) is 2.91. The highest BCUT2D eigenvalue weighted by molar-refractivity contribution is 6.08. The maximum Gasteiger partial charge on any atom is 0.312 e. The van der Waals surface area contributed by atoms with Crippen LogP contribution >= 0.6 is 0 Å². The van der Waals surface area contributed by atoms with Crippen LogP contribution in [0.3, 0.4) is 0 Å². The standard InChI is InChI=1S/C21H25NO3/c1-2-3-7-15-8-6-9-16(14-15)20(23)19-12-11-18-17(21(24)25)10-4-5-13-22(18)19/h6,8-9,11-12,14,17H,2-5,7,10,13H2,1H3,(H,24,25). The predicted molar refractivity (Wildman–Crippen MR) is 97.1 cm³/mol. The number of benzene rings is 1. The average molecular weight is 339 g/mol. The molecule has 2 aromatic rings. The number of unbranched alkanes of at least 4 members (excludes halogenated alkanes) is 1. The van der Waals surface area contributed by atoms with Gasteiger partial charge in [-0.25, -0.2) is 0 Å². The Morgan fingerprint density at radius 3 is 2.80 bits per heavy atom. The minimum Gasteiger partial charge on any atom is -0.481 e. The number of rotatable bonds is 6. The number of fused-ring (bicyclic) bond motifs is 1. The van der Waals surface area contributed by atoms with Crippen molar-refractivity contribution >= 4 is 11.8 Å². The van der Waals surface area contributed by atoms with Gasteiger partial charge in [0.1, 0.15) is 0 Å². The smallest absolute Gasteiger partial charge is 0.312 e. The molecule has 3 rings (SSSR count). The molecule has 0 fully saturated rings. The molecule has 2 heterocycles. The molecule has 25 heavy (non-hydrogen) atoms. The van der Waals surface area contributed by atoms with Crippen LogP contribution in [0, 0.1) is 0 Å². The summed E-state index contributed by atoms with van der Waals surface area (Å²) in [4.78, 5) is 24.6. The molecule has 0 saturated heterocycles. The van der Waals surface area contributed by atoms with Crippen molar-refractivity contribution in [1.82, 2.24) is 4.57 Å². The molecule has 1 atom stereocenters. The number of carboxylic acids is 1. The number of carbonyl (C=O) groups excluding carboxylic acids is 1. The van der Waals surface area contributed by atoms with Crippen LogP contribution in [-0.4, -0.2) is 21.4 Å². The Morgan fingerprint density at radius 1 is 1.20 bits per heavy atom. The van der Waals surface area contributed by atoms with E-state index in [1.54, 1.807) is 6.07 Å². The first-order valence-electron chi connectivity index (χ1n) is 9.17. The van der Waals surface area contributed by atoms with E-state index in [0.29, 0.717) is 24.2 Å². The number of aromatic nitrogens is 1. The van der Waals surface area contributed by atoms with Gasteiger partial charge >= 0.3 is 5.97 Å². The molecule has 4 heteroatoms. The van der Waals surface area contributed by atoms with Gasteiger partial charge < -0.3 is 9.67 Å². The van der Waals surface area contributed by atoms with Crippen LogP contribution in [0.4, 0.5) is 0 Å². The maximum absolute atomic E-state index is 13.0. The third-order valence-corrected chi connectivity index (χ3v) is 5.03. The van der Waals surface area contributed by atoms with Crippen molar-refractivity contribution in [2.75, 3.05) is 0 Å². The monoisotopic (exact) mass is 339 g/mol. The maximum atomic E-state index is 13.0. The van der Waals surface area contributed by atoms with E-state index >= 15 is 0 Å². The quantitative estimate of drug-likeness (QED) is 0.793. The number of nitrogens with zero attached hydrogens (tertiary/aromatic N) is 1. The summed E-state index contributed by atoms with van der Waals surface area (Å²) >= 11 is 0. The van der Waals surface area contributed by atoms with Gasteiger partial charge in [0.15, 0.2) is 0 Å². The lowest BCUT2D eigenvalue weighted by Crippen LogP contribution is -2.17. The summed E-state index contributed by atoms with van der Waals surface area (Å²) in [5, 5.41) is 9.50. The van der Waals surface area contributed by atoms with Crippen molar-refractivity contribution < 1.29 is 14.7 Å². The largest absolute Gasteiger partial charge is 0.481 e. The lowest BCUT2D eigenvalue weighted by molar-refractivity contribution is -0.139. The van der Waals surface area contributed by atoms with Gasteiger partial charge in [-0.3, -0.25) is 9.59 Å².